The van der Waals surface area contributed by atoms with E-state index in [0.29, 0.717) is 10.0 Å². The number of benzene rings is 2. The van der Waals surface area contributed by atoms with Gasteiger partial charge in [-0.1, -0.05) is 41.4 Å². The number of hydrogen-bond acceptors (Lipinski definition) is 1. The van der Waals surface area contributed by atoms with Gasteiger partial charge in [0.05, 0.1) is 5.02 Å². The third kappa shape index (κ3) is 2.89. The standard InChI is InChI=1S/C14H11BrCl2O/c1-8-2-3-9(6-12(8)16)14(18)10-4-5-11(15)13(17)7-10/h2-7,14,18H,1H3. The van der Waals surface area contributed by atoms with Gasteiger partial charge in [0.2, 0.25) is 0 Å². The van der Waals surface area contributed by atoms with E-state index in [4.69, 9.17) is 23.2 Å². The van der Waals surface area contributed by atoms with Gasteiger partial charge in [-0.2, -0.15) is 0 Å². The molecule has 0 aliphatic carbocycles. The van der Waals surface area contributed by atoms with E-state index in [1.165, 1.54) is 0 Å². The van der Waals surface area contributed by atoms with E-state index in [-0.39, 0.29) is 0 Å². The third-order valence-electron chi connectivity index (χ3n) is 2.77. The molecule has 2 aromatic carbocycles. The Kier molecular flexibility index (Phi) is 4.33. The van der Waals surface area contributed by atoms with E-state index >= 15 is 0 Å². The predicted octanol–water partition coefficient (Wildman–Crippen LogP) is 5.15. The van der Waals surface area contributed by atoms with Crippen LogP contribution in [0.4, 0.5) is 0 Å². The van der Waals surface area contributed by atoms with Crippen LogP contribution in [0.1, 0.15) is 22.8 Å². The first-order valence-electron chi connectivity index (χ1n) is 5.38. The van der Waals surface area contributed by atoms with Crippen LogP contribution in [-0.4, -0.2) is 5.11 Å². The van der Waals surface area contributed by atoms with Crippen molar-refractivity contribution in [2.75, 3.05) is 0 Å². The molecule has 1 atom stereocenters. The first-order chi connectivity index (χ1) is 8.49. The summed E-state index contributed by atoms with van der Waals surface area (Å²) in [6.07, 6.45) is -0.728. The highest BCUT2D eigenvalue weighted by molar-refractivity contribution is 9.10. The normalized spacial score (nSPS) is 12.5. The lowest BCUT2D eigenvalue weighted by Gasteiger charge is -2.13. The Labute approximate surface area is 124 Å². The zero-order valence-electron chi connectivity index (χ0n) is 9.62. The van der Waals surface area contributed by atoms with Crippen LogP contribution in [0.2, 0.25) is 10.0 Å². The summed E-state index contributed by atoms with van der Waals surface area (Å²) in [6, 6.07) is 10.9. The molecule has 0 aliphatic heterocycles. The molecule has 0 fully saturated rings. The number of aliphatic hydroxyl groups excluding tert-OH is 1. The molecule has 94 valence electrons. The lowest BCUT2D eigenvalue weighted by molar-refractivity contribution is 0.220. The Morgan fingerprint density at radius 3 is 2.11 bits per heavy atom. The van der Waals surface area contributed by atoms with Crippen molar-refractivity contribution in [3.8, 4) is 0 Å². The van der Waals surface area contributed by atoms with Crippen LogP contribution in [0, 0.1) is 6.92 Å². The summed E-state index contributed by atoms with van der Waals surface area (Å²) < 4.78 is 0.807. The van der Waals surface area contributed by atoms with E-state index in [1.807, 2.05) is 31.2 Å². The summed E-state index contributed by atoms with van der Waals surface area (Å²) in [5.41, 5.74) is 2.48. The van der Waals surface area contributed by atoms with Gasteiger partial charge >= 0.3 is 0 Å². The van der Waals surface area contributed by atoms with Crippen LogP contribution in [-0.2, 0) is 0 Å². The largest absolute Gasteiger partial charge is 0.384 e. The van der Waals surface area contributed by atoms with Crippen molar-refractivity contribution in [1.82, 2.24) is 0 Å². The van der Waals surface area contributed by atoms with E-state index in [9.17, 15) is 5.11 Å². The van der Waals surface area contributed by atoms with Gasteiger partial charge in [0, 0.05) is 9.50 Å². The molecule has 0 amide bonds. The van der Waals surface area contributed by atoms with E-state index < -0.39 is 6.10 Å². The smallest absolute Gasteiger partial charge is 0.104 e. The highest BCUT2D eigenvalue weighted by Gasteiger charge is 2.12. The van der Waals surface area contributed by atoms with Crippen LogP contribution in [0.5, 0.6) is 0 Å². The van der Waals surface area contributed by atoms with Gasteiger partial charge in [-0.25, -0.2) is 0 Å². The number of aryl methyl sites for hydroxylation is 1. The molecule has 0 spiro atoms. The predicted molar refractivity (Wildman–Crippen MR) is 79.4 cm³/mol. The summed E-state index contributed by atoms with van der Waals surface area (Å²) in [7, 11) is 0. The molecule has 0 aliphatic rings. The highest BCUT2D eigenvalue weighted by atomic mass is 79.9. The number of hydrogen-bond donors (Lipinski definition) is 1. The molecular formula is C14H11BrCl2O. The molecular weight excluding hydrogens is 335 g/mol. The second-order valence-corrected chi connectivity index (χ2v) is 5.75. The fourth-order valence-electron chi connectivity index (χ4n) is 1.65. The van der Waals surface area contributed by atoms with Gasteiger partial charge in [-0.15, -0.1) is 0 Å². The van der Waals surface area contributed by atoms with E-state index in [1.54, 1.807) is 12.1 Å². The van der Waals surface area contributed by atoms with Crippen LogP contribution in [0.15, 0.2) is 40.9 Å². The molecule has 0 saturated carbocycles. The van der Waals surface area contributed by atoms with Crippen LogP contribution in [0.25, 0.3) is 0 Å². The Morgan fingerprint density at radius 1 is 1.00 bits per heavy atom. The SMILES string of the molecule is Cc1ccc(C(O)c2ccc(Br)c(Cl)c2)cc1Cl. The number of halogens is 3. The van der Waals surface area contributed by atoms with Crippen molar-refractivity contribution >= 4 is 39.1 Å². The average Bonchev–Trinajstić information content (AvgIpc) is 2.35. The van der Waals surface area contributed by atoms with Crippen LogP contribution in [0.3, 0.4) is 0 Å². The second-order valence-electron chi connectivity index (χ2n) is 4.08. The maximum atomic E-state index is 10.3. The van der Waals surface area contributed by atoms with Crippen LogP contribution < -0.4 is 0 Å². The van der Waals surface area contributed by atoms with Gasteiger partial charge in [-0.3, -0.25) is 0 Å². The summed E-state index contributed by atoms with van der Waals surface area (Å²) in [4.78, 5) is 0. The molecule has 1 nitrogen and oxygen atoms in total. The van der Waals surface area contributed by atoms with Gasteiger partial charge in [0.1, 0.15) is 6.10 Å². The van der Waals surface area contributed by atoms with Gasteiger partial charge in [0.15, 0.2) is 0 Å². The zero-order valence-corrected chi connectivity index (χ0v) is 12.7. The minimum Gasteiger partial charge on any atom is -0.384 e. The molecule has 0 saturated heterocycles. The van der Waals surface area contributed by atoms with Crippen molar-refractivity contribution in [2.45, 2.75) is 13.0 Å². The van der Waals surface area contributed by atoms with Crippen molar-refractivity contribution in [1.29, 1.82) is 0 Å². The fraction of sp³-hybridized carbons (Fsp3) is 0.143. The minimum atomic E-state index is -0.728. The molecule has 2 aromatic rings. The van der Waals surface area contributed by atoms with Gasteiger partial charge in [-0.05, 0) is 57.7 Å². The molecule has 4 heteroatoms. The Bertz CT molecular complexity index is 533. The maximum Gasteiger partial charge on any atom is 0.104 e. The number of rotatable bonds is 2. The summed E-state index contributed by atoms with van der Waals surface area (Å²) in [5.74, 6) is 0. The molecule has 0 heterocycles. The Hall–Kier alpha value is -0.540. The molecule has 1 N–H and O–H groups in total. The lowest BCUT2D eigenvalue weighted by atomic mass is 10.0. The number of aliphatic hydroxyl groups is 1. The Morgan fingerprint density at radius 2 is 1.56 bits per heavy atom. The molecule has 1 unspecified atom stereocenters. The van der Waals surface area contributed by atoms with Crippen molar-refractivity contribution < 1.29 is 5.11 Å². The monoisotopic (exact) mass is 344 g/mol. The van der Waals surface area contributed by atoms with Gasteiger partial charge in [0.25, 0.3) is 0 Å². The first-order valence-corrected chi connectivity index (χ1v) is 6.93. The molecule has 0 bridgehead atoms. The van der Waals surface area contributed by atoms with Gasteiger partial charge < -0.3 is 5.11 Å². The van der Waals surface area contributed by atoms with E-state index in [0.717, 1.165) is 21.2 Å². The quantitative estimate of drug-likeness (QED) is 0.798. The maximum absolute atomic E-state index is 10.3. The van der Waals surface area contributed by atoms with E-state index in [2.05, 4.69) is 15.9 Å². The summed E-state index contributed by atoms with van der Waals surface area (Å²) in [6.45, 7) is 1.93. The summed E-state index contributed by atoms with van der Waals surface area (Å²) in [5, 5.41) is 11.5. The highest BCUT2D eigenvalue weighted by Crippen LogP contribution is 2.30. The Balaban J connectivity index is 2.37. The van der Waals surface area contributed by atoms with Crippen molar-refractivity contribution in [3.63, 3.8) is 0 Å². The zero-order chi connectivity index (χ0) is 13.3. The topological polar surface area (TPSA) is 20.2 Å². The third-order valence-corrected chi connectivity index (χ3v) is 4.41. The average molecular weight is 346 g/mol. The summed E-state index contributed by atoms with van der Waals surface area (Å²) >= 11 is 15.4. The minimum absolute atomic E-state index is 0.574. The lowest BCUT2D eigenvalue weighted by Crippen LogP contribution is -2.00. The van der Waals surface area contributed by atoms with Crippen molar-refractivity contribution in [2.24, 2.45) is 0 Å². The molecule has 0 aromatic heterocycles. The molecule has 0 radical (unpaired) electrons. The first kappa shape index (κ1) is 13.9. The van der Waals surface area contributed by atoms with Crippen molar-refractivity contribution in [3.05, 3.63) is 67.6 Å². The molecule has 2 rings (SSSR count). The second kappa shape index (κ2) is 5.62. The fourth-order valence-corrected chi connectivity index (χ4v) is 2.28. The molecule has 18 heavy (non-hydrogen) atoms. The van der Waals surface area contributed by atoms with Crippen LogP contribution >= 0.6 is 39.1 Å².